The lowest BCUT2D eigenvalue weighted by atomic mass is 9.96. The molecule has 0 aliphatic carbocycles. The van der Waals surface area contributed by atoms with E-state index in [1.165, 1.54) is 43.6 Å². The van der Waals surface area contributed by atoms with Crippen molar-refractivity contribution in [2.45, 2.75) is 26.7 Å². The average molecular weight is 425 g/mol. The Morgan fingerprint density at radius 1 is 0.967 bits per heavy atom. The van der Waals surface area contributed by atoms with Crippen molar-refractivity contribution in [3.63, 3.8) is 0 Å². The third kappa shape index (κ3) is 3.98. The van der Waals surface area contributed by atoms with E-state index in [1.54, 1.807) is 11.3 Å². The number of anilines is 1. The first-order valence-corrected chi connectivity index (χ1v) is 12.0. The lowest BCUT2D eigenvalue weighted by Gasteiger charge is -2.38. The van der Waals surface area contributed by atoms with Crippen LogP contribution in [0.2, 0.25) is 0 Å². The Hall–Kier alpha value is -1.96. The maximum Gasteiger partial charge on any atom is 0.214 e. The number of hydrogen-bond donors (Lipinski definition) is 0. The number of rotatable bonds is 4. The van der Waals surface area contributed by atoms with Gasteiger partial charge in [0.25, 0.3) is 0 Å². The molecule has 4 heterocycles. The molecule has 3 aromatic rings. The highest BCUT2D eigenvalue weighted by atomic mass is 32.1. The van der Waals surface area contributed by atoms with Gasteiger partial charge in [-0.1, -0.05) is 41.2 Å². The van der Waals surface area contributed by atoms with Gasteiger partial charge in [-0.25, -0.2) is 9.50 Å². The highest BCUT2D eigenvalue weighted by Crippen LogP contribution is 2.30. The van der Waals surface area contributed by atoms with E-state index in [2.05, 4.69) is 59.9 Å². The van der Waals surface area contributed by atoms with E-state index in [4.69, 9.17) is 10.1 Å². The molecule has 0 radical (unpaired) electrons. The van der Waals surface area contributed by atoms with Crippen molar-refractivity contribution in [1.29, 1.82) is 0 Å². The van der Waals surface area contributed by atoms with E-state index in [9.17, 15) is 0 Å². The molecule has 0 N–H and O–H groups in total. The highest BCUT2D eigenvalue weighted by molar-refractivity contribution is 7.20. The highest BCUT2D eigenvalue weighted by Gasteiger charge is 2.25. The molecule has 2 aliphatic rings. The van der Waals surface area contributed by atoms with Gasteiger partial charge in [-0.2, -0.15) is 0 Å². The zero-order valence-corrected chi connectivity index (χ0v) is 19.2. The van der Waals surface area contributed by atoms with Crippen molar-refractivity contribution in [2.24, 2.45) is 5.92 Å². The predicted octanol–water partition coefficient (Wildman–Crippen LogP) is 3.54. The maximum absolute atomic E-state index is 4.92. The van der Waals surface area contributed by atoms with Gasteiger partial charge in [0.05, 0.1) is 11.4 Å². The summed E-state index contributed by atoms with van der Waals surface area (Å²) in [5.74, 6) is 0.874. The first kappa shape index (κ1) is 20.0. The summed E-state index contributed by atoms with van der Waals surface area (Å²) >= 11 is 1.72. The van der Waals surface area contributed by atoms with Crippen LogP contribution in [0, 0.1) is 19.8 Å². The van der Waals surface area contributed by atoms with Gasteiger partial charge in [0, 0.05) is 38.3 Å². The van der Waals surface area contributed by atoms with Crippen LogP contribution in [0.25, 0.3) is 16.2 Å². The number of piperidine rings is 1. The molecule has 30 heavy (non-hydrogen) atoms. The number of aromatic nitrogens is 3. The second kappa shape index (κ2) is 8.29. The van der Waals surface area contributed by atoms with Crippen molar-refractivity contribution in [3.05, 3.63) is 35.5 Å². The topological polar surface area (TPSA) is 39.9 Å². The van der Waals surface area contributed by atoms with Gasteiger partial charge >= 0.3 is 0 Å². The predicted molar refractivity (Wildman–Crippen MR) is 125 cm³/mol. The maximum atomic E-state index is 4.92. The fourth-order valence-corrected chi connectivity index (χ4v) is 5.68. The van der Waals surface area contributed by atoms with Gasteiger partial charge in [-0.15, -0.1) is 5.10 Å². The SMILES string of the molecule is Cc1ccc(-c2nc3sc(N4CCN(CC5CCN(C)CC5)CC4)nn3c2C)cc1. The molecule has 0 spiro atoms. The molecule has 5 rings (SSSR count). The van der Waals surface area contributed by atoms with Gasteiger partial charge in [-0.05, 0) is 52.7 Å². The Kier molecular flexibility index (Phi) is 5.52. The van der Waals surface area contributed by atoms with Crippen LogP contribution in [0.1, 0.15) is 24.1 Å². The summed E-state index contributed by atoms with van der Waals surface area (Å²) < 4.78 is 2.03. The van der Waals surface area contributed by atoms with E-state index in [-0.39, 0.29) is 0 Å². The molecule has 2 aromatic heterocycles. The lowest BCUT2D eigenvalue weighted by molar-refractivity contribution is 0.155. The quantitative estimate of drug-likeness (QED) is 0.641. The summed E-state index contributed by atoms with van der Waals surface area (Å²) in [7, 11) is 2.24. The number of hydrogen-bond acceptors (Lipinski definition) is 6. The van der Waals surface area contributed by atoms with Crippen molar-refractivity contribution in [3.8, 4) is 11.3 Å². The number of aryl methyl sites for hydroxylation is 2. The lowest BCUT2D eigenvalue weighted by Crippen LogP contribution is -2.48. The Balaban J connectivity index is 1.23. The van der Waals surface area contributed by atoms with Crippen LogP contribution < -0.4 is 4.90 Å². The molecule has 0 saturated carbocycles. The molecule has 2 saturated heterocycles. The zero-order chi connectivity index (χ0) is 20.7. The molecular formula is C23H32N6S. The van der Waals surface area contributed by atoms with Gasteiger partial charge in [0.15, 0.2) is 0 Å². The molecule has 0 bridgehead atoms. The largest absolute Gasteiger partial charge is 0.344 e. The summed E-state index contributed by atoms with van der Waals surface area (Å²) in [6.45, 7) is 12.4. The van der Waals surface area contributed by atoms with Gasteiger partial charge in [0.1, 0.15) is 0 Å². The number of fused-ring (bicyclic) bond motifs is 1. The monoisotopic (exact) mass is 424 g/mol. The van der Waals surface area contributed by atoms with E-state index in [1.807, 2.05) is 4.52 Å². The van der Waals surface area contributed by atoms with E-state index >= 15 is 0 Å². The number of benzene rings is 1. The van der Waals surface area contributed by atoms with Gasteiger partial charge < -0.3 is 9.80 Å². The first-order chi connectivity index (χ1) is 14.6. The number of nitrogens with zero attached hydrogens (tertiary/aromatic N) is 6. The van der Waals surface area contributed by atoms with Crippen LogP contribution in [-0.4, -0.2) is 77.3 Å². The molecule has 0 unspecified atom stereocenters. The Bertz CT molecular complexity index is 991. The first-order valence-electron chi connectivity index (χ1n) is 11.2. The average Bonchev–Trinajstić information content (AvgIpc) is 3.31. The van der Waals surface area contributed by atoms with Crippen LogP contribution in [0.4, 0.5) is 5.13 Å². The summed E-state index contributed by atoms with van der Waals surface area (Å²) in [5, 5.41) is 6.03. The summed E-state index contributed by atoms with van der Waals surface area (Å²) in [4.78, 5) is 13.5. The van der Waals surface area contributed by atoms with Gasteiger partial charge in [-0.3, -0.25) is 4.90 Å². The minimum atomic E-state index is 0.874. The summed E-state index contributed by atoms with van der Waals surface area (Å²) in [5.41, 5.74) is 4.60. The van der Waals surface area contributed by atoms with Crippen molar-refractivity contribution in [2.75, 3.05) is 57.8 Å². The van der Waals surface area contributed by atoms with Gasteiger partial charge in [0.2, 0.25) is 10.1 Å². The van der Waals surface area contributed by atoms with Crippen molar-refractivity contribution >= 4 is 21.4 Å². The molecule has 0 amide bonds. The van der Waals surface area contributed by atoms with Crippen LogP contribution in [0.15, 0.2) is 24.3 Å². The standard InChI is InChI=1S/C23H32N6S/c1-17-4-6-20(7-5-17)21-18(2)29-22(24-21)30-23(25-29)28-14-12-27(13-15-28)16-19-8-10-26(3)11-9-19/h4-7,19H,8-16H2,1-3H3. The number of imidazole rings is 1. The second-order valence-electron chi connectivity index (χ2n) is 9.03. The minimum absolute atomic E-state index is 0.874. The second-order valence-corrected chi connectivity index (χ2v) is 9.96. The number of likely N-dealkylation sites (tertiary alicyclic amines) is 1. The minimum Gasteiger partial charge on any atom is -0.344 e. The summed E-state index contributed by atoms with van der Waals surface area (Å²) in [6, 6.07) is 8.59. The Labute approximate surface area is 183 Å². The Morgan fingerprint density at radius 3 is 2.33 bits per heavy atom. The molecule has 6 nitrogen and oxygen atoms in total. The molecule has 7 heteroatoms. The van der Waals surface area contributed by atoms with Crippen molar-refractivity contribution < 1.29 is 0 Å². The van der Waals surface area contributed by atoms with Crippen LogP contribution in [0.5, 0.6) is 0 Å². The molecule has 1 aromatic carbocycles. The third-order valence-electron chi connectivity index (χ3n) is 6.74. The van der Waals surface area contributed by atoms with Crippen LogP contribution in [-0.2, 0) is 0 Å². The van der Waals surface area contributed by atoms with Crippen molar-refractivity contribution in [1.82, 2.24) is 24.4 Å². The smallest absolute Gasteiger partial charge is 0.214 e. The molecular weight excluding hydrogens is 392 g/mol. The van der Waals surface area contributed by atoms with Crippen LogP contribution in [0.3, 0.4) is 0 Å². The summed E-state index contributed by atoms with van der Waals surface area (Å²) in [6.07, 6.45) is 2.70. The molecule has 0 atom stereocenters. The third-order valence-corrected chi connectivity index (χ3v) is 7.71. The Morgan fingerprint density at radius 2 is 1.67 bits per heavy atom. The molecule has 2 fully saturated rings. The fourth-order valence-electron chi connectivity index (χ4n) is 4.68. The van der Waals surface area contributed by atoms with E-state index in [0.29, 0.717) is 0 Å². The molecule has 160 valence electrons. The van der Waals surface area contributed by atoms with Crippen LogP contribution >= 0.6 is 11.3 Å². The van der Waals surface area contributed by atoms with E-state index in [0.717, 1.165) is 53.6 Å². The molecule has 2 aliphatic heterocycles. The van der Waals surface area contributed by atoms with E-state index < -0.39 is 0 Å². The zero-order valence-electron chi connectivity index (χ0n) is 18.3. The fraction of sp³-hybridized carbons (Fsp3) is 0.565. The number of piperazine rings is 1. The normalized spacial score (nSPS) is 19.8.